The quantitative estimate of drug-likeness (QED) is 0.629. The lowest BCUT2D eigenvalue weighted by molar-refractivity contribution is 0.0951. The number of carbonyl (C=O) groups is 1. The summed E-state index contributed by atoms with van der Waals surface area (Å²) >= 11 is 6.15. The van der Waals surface area contributed by atoms with E-state index in [4.69, 9.17) is 16.9 Å². The van der Waals surface area contributed by atoms with Crippen molar-refractivity contribution in [3.8, 4) is 6.07 Å². The molecule has 0 bridgehead atoms. The molecule has 8 heteroatoms. The van der Waals surface area contributed by atoms with Gasteiger partial charge in [-0.15, -0.1) is 0 Å². The maximum Gasteiger partial charge on any atom is 0.264 e. The minimum absolute atomic E-state index is 0.0400. The van der Waals surface area contributed by atoms with Crippen LogP contribution in [0.15, 0.2) is 77.7 Å². The average Bonchev–Trinajstić information content (AvgIpc) is 2.78. The first-order valence-corrected chi connectivity index (χ1v) is 10.8. The van der Waals surface area contributed by atoms with Gasteiger partial charge in [0.15, 0.2) is 0 Å². The second-order valence-electron chi connectivity index (χ2n) is 6.44. The molecule has 0 saturated heterocycles. The summed E-state index contributed by atoms with van der Waals surface area (Å²) in [6.45, 7) is 0.210. The number of para-hydroxylation sites is 1. The molecule has 0 aliphatic heterocycles. The second kappa shape index (κ2) is 8.99. The first-order valence-electron chi connectivity index (χ1n) is 8.93. The standard InChI is InChI=1S/C22H18ClN3O3S/c1-26(18-5-3-2-4-6-18)30(28,29)19-11-12-21(23)20(13-19)22(27)25-15-17-9-7-16(14-24)8-10-17/h2-13H,15H2,1H3,(H,25,27). The fourth-order valence-corrected chi connectivity index (χ4v) is 4.17. The van der Waals surface area contributed by atoms with Crippen LogP contribution in [0.4, 0.5) is 5.69 Å². The first-order chi connectivity index (χ1) is 14.3. The predicted molar refractivity (Wildman–Crippen MR) is 116 cm³/mol. The summed E-state index contributed by atoms with van der Waals surface area (Å²) < 4.78 is 27.1. The van der Waals surface area contributed by atoms with E-state index in [1.165, 1.54) is 25.2 Å². The van der Waals surface area contributed by atoms with E-state index in [-0.39, 0.29) is 22.0 Å². The molecule has 0 unspecified atom stereocenters. The third-order valence-electron chi connectivity index (χ3n) is 4.50. The van der Waals surface area contributed by atoms with Crippen LogP contribution in [-0.2, 0) is 16.6 Å². The predicted octanol–water partition coefficient (Wildman–Crippen LogP) is 3.97. The van der Waals surface area contributed by atoms with E-state index in [1.54, 1.807) is 54.6 Å². The molecule has 0 aliphatic rings. The van der Waals surface area contributed by atoms with E-state index in [0.29, 0.717) is 11.3 Å². The lowest BCUT2D eigenvalue weighted by Crippen LogP contribution is -2.27. The van der Waals surface area contributed by atoms with E-state index in [9.17, 15) is 13.2 Å². The summed E-state index contributed by atoms with van der Waals surface area (Å²) in [7, 11) is -2.43. The molecule has 0 atom stereocenters. The van der Waals surface area contributed by atoms with E-state index in [0.717, 1.165) is 9.87 Å². The Labute approximate surface area is 180 Å². The normalized spacial score (nSPS) is 10.8. The lowest BCUT2D eigenvalue weighted by atomic mass is 10.1. The molecule has 0 aliphatic carbocycles. The highest BCUT2D eigenvalue weighted by Crippen LogP contribution is 2.25. The highest BCUT2D eigenvalue weighted by Gasteiger charge is 2.23. The number of benzene rings is 3. The summed E-state index contributed by atoms with van der Waals surface area (Å²) in [6.07, 6.45) is 0. The maximum absolute atomic E-state index is 13.0. The van der Waals surface area contributed by atoms with Crippen LogP contribution in [0.1, 0.15) is 21.5 Å². The molecule has 0 radical (unpaired) electrons. The van der Waals surface area contributed by atoms with Crippen molar-refractivity contribution in [2.24, 2.45) is 0 Å². The van der Waals surface area contributed by atoms with Gasteiger partial charge < -0.3 is 5.32 Å². The first kappa shape index (κ1) is 21.4. The molecule has 30 heavy (non-hydrogen) atoms. The number of nitrogens with one attached hydrogen (secondary N) is 1. The van der Waals surface area contributed by atoms with E-state index < -0.39 is 15.9 Å². The molecular weight excluding hydrogens is 422 g/mol. The van der Waals surface area contributed by atoms with Gasteiger partial charge in [0.1, 0.15) is 0 Å². The maximum atomic E-state index is 13.0. The molecule has 0 aromatic heterocycles. The Morgan fingerprint density at radius 1 is 1.07 bits per heavy atom. The van der Waals surface area contributed by atoms with E-state index in [1.807, 2.05) is 6.07 Å². The number of rotatable bonds is 6. The number of halogens is 1. The fraction of sp³-hybridized carbons (Fsp3) is 0.0909. The second-order valence-corrected chi connectivity index (χ2v) is 8.82. The Morgan fingerprint density at radius 3 is 2.37 bits per heavy atom. The Morgan fingerprint density at radius 2 is 1.73 bits per heavy atom. The van der Waals surface area contributed by atoms with Crippen LogP contribution in [0.5, 0.6) is 0 Å². The van der Waals surface area contributed by atoms with Gasteiger partial charge in [-0.05, 0) is 48.0 Å². The fourth-order valence-electron chi connectivity index (χ4n) is 2.75. The van der Waals surface area contributed by atoms with Crippen LogP contribution >= 0.6 is 11.6 Å². The molecule has 3 rings (SSSR count). The monoisotopic (exact) mass is 439 g/mol. The number of carbonyl (C=O) groups excluding carboxylic acids is 1. The Hall–Kier alpha value is -3.34. The van der Waals surface area contributed by atoms with Crippen molar-refractivity contribution in [1.82, 2.24) is 5.32 Å². The van der Waals surface area contributed by atoms with Crippen molar-refractivity contribution in [3.05, 3.63) is 94.5 Å². The number of nitrogens with zero attached hydrogens (tertiary/aromatic N) is 2. The molecule has 3 aromatic rings. The number of hydrogen-bond donors (Lipinski definition) is 1. The molecule has 0 heterocycles. The van der Waals surface area contributed by atoms with Crippen molar-refractivity contribution in [2.45, 2.75) is 11.4 Å². The van der Waals surface area contributed by atoms with Crippen LogP contribution in [-0.4, -0.2) is 21.4 Å². The van der Waals surface area contributed by atoms with Crippen molar-refractivity contribution >= 4 is 33.2 Å². The SMILES string of the molecule is CN(c1ccccc1)S(=O)(=O)c1ccc(Cl)c(C(=O)NCc2ccc(C#N)cc2)c1. The highest BCUT2D eigenvalue weighted by atomic mass is 35.5. The molecule has 1 amide bonds. The largest absolute Gasteiger partial charge is 0.348 e. The number of hydrogen-bond acceptors (Lipinski definition) is 4. The third kappa shape index (κ3) is 4.62. The molecule has 152 valence electrons. The molecule has 0 spiro atoms. The highest BCUT2D eigenvalue weighted by molar-refractivity contribution is 7.92. The number of anilines is 1. The van der Waals surface area contributed by atoms with Crippen molar-refractivity contribution in [3.63, 3.8) is 0 Å². The van der Waals surface area contributed by atoms with Crippen molar-refractivity contribution in [1.29, 1.82) is 5.26 Å². The van der Waals surface area contributed by atoms with Gasteiger partial charge >= 0.3 is 0 Å². The molecule has 6 nitrogen and oxygen atoms in total. The minimum atomic E-state index is -3.88. The summed E-state index contributed by atoms with van der Waals surface area (Å²) in [5.41, 5.74) is 1.88. The van der Waals surface area contributed by atoms with E-state index >= 15 is 0 Å². The number of nitriles is 1. The summed E-state index contributed by atoms with van der Waals surface area (Å²) in [5, 5.41) is 11.7. The van der Waals surface area contributed by atoms with Gasteiger partial charge in [-0.3, -0.25) is 9.10 Å². The molecular formula is C22H18ClN3O3S. The zero-order valence-electron chi connectivity index (χ0n) is 16.0. The molecule has 3 aromatic carbocycles. The zero-order chi connectivity index (χ0) is 21.7. The number of amides is 1. The van der Waals surface area contributed by atoms with Crippen LogP contribution in [0.25, 0.3) is 0 Å². The topological polar surface area (TPSA) is 90.3 Å². The van der Waals surface area contributed by atoms with Gasteiger partial charge in [-0.25, -0.2) is 8.42 Å². The number of sulfonamides is 1. The van der Waals surface area contributed by atoms with Crippen molar-refractivity contribution in [2.75, 3.05) is 11.4 Å². The van der Waals surface area contributed by atoms with Gasteiger partial charge in [0, 0.05) is 13.6 Å². The molecule has 0 fully saturated rings. The Bertz CT molecular complexity index is 1200. The van der Waals surface area contributed by atoms with Crippen molar-refractivity contribution < 1.29 is 13.2 Å². The Kier molecular flexibility index (Phi) is 6.40. The van der Waals surface area contributed by atoms with Gasteiger partial charge in [0.25, 0.3) is 15.9 Å². The smallest absolute Gasteiger partial charge is 0.264 e. The minimum Gasteiger partial charge on any atom is -0.348 e. The summed E-state index contributed by atoms with van der Waals surface area (Å²) in [6, 6.07) is 21.5. The van der Waals surface area contributed by atoms with Crippen LogP contribution < -0.4 is 9.62 Å². The molecule has 1 N–H and O–H groups in total. The van der Waals surface area contributed by atoms with Gasteiger partial charge in [-0.2, -0.15) is 5.26 Å². The van der Waals surface area contributed by atoms with E-state index in [2.05, 4.69) is 5.32 Å². The summed E-state index contributed by atoms with van der Waals surface area (Å²) in [4.78, 5) is 12.6. The van der Waals surface area contributed by atoms with Gasteiger partial charge in [0.2, 0.25) is 0 Å². The van der Waals surface area contributed by atoms with Crippen LogP contribution in [0, 0.1) is 11.3 Å². The Balaban J connectivity index is 1.81. The van der Waals surface area contributed by atoms with Crippen LogP contribution in [0.2, 0.25) is 5.02 Å². The van der Waals surface area contributed by atoms with Gasteiger partial charge in [0.05, 0.1) is 32.8 Å². The third-order valence-corrected chi connectivity index (χ3v) is 6.61. The lowest BCUT2D eigenvalue weighted by Gasteiger charge is -2.20. The van der Waals surface area contributed by atoms with Crippen LogP contribution in [0.3, 0.4) is 0 Å². The van der Waals surface area contributed by atoms with Gasteiger partial charge in [-0.1, -0.05) is 41.9 Å². The molecule has 0 saturated carbocycles. The average molecular weight is 440 g/mol. The zero-order valence-corrected chi connectivity index (χ0v) is 17.6. The summed E-state index contributed by atoms with van der Waals surface area (Å²) in [5.74, 6) is -0.497.